The van der Waals surface area contributed by atoms with Crippen molar-refractivity contribution >= 4 is 11.0 Å². The van der Waals surface area contributed by atoms with Crippen molar-refractivity contribution in [2.45, 2.75) is 59.1 Å². The molecule has 25 heavy (non-hydrogen) atoms. The highest BCUT2D eigenvalue weighted by Crippen LogP contribution is 2.25. The number of unbranched alkanes of at least 4 members (excludes halogenated alkanes) is 1. The van der Waals surface area contributed by atoms with E-state index in [1.165, 1.54) is 17.5 Å². The van der Waals surface area contributed by atoms with Crippen molar-refractivity contribution in [3.63, 3.8) is 0 Å². The van der Waals surface area contributed by atoms with Gasteiger partial charge in [0.15, 0.2) is 0 Å². The van der Waals surface area contributed by atoms with E-state index < -0.39 is 0 Å². The molecule has 0 aliphatic carbocycles. The number of aryl methyl sites for hydroxylation is 1. The summed E-state index contributed by atoms with van der Waals surface area (Å²) in [6, 6.07) is 16.7. The number of fused-ring (bicyclic) bond motifs is 1. The summed E-state index contributed by atoms with van der Waals surface area (Å²) in [5.41, 5.74) is 3.71. The third-order valence-electron chi connectivity index (χ3n) is 4.56. The zero-order valence-electron chi connectivity index (χ0n) is 15.7. The molecule has 0 atom stereocenters. The highest BCUT2D eigenvalue weighted by atomic mass is 16.5. The molecule has 3 rings (SSSR count). The van der Waals surface area contributed by atoms with Crippen LogP contribution in [0, 0.1) is 0 Å². The molecule has 0 radical (unpaired) electrons. The van der Waals surface area contributed by atoms with Crippen LogP contribution < -0.4 is 4.74 Å². The number of benzene rings is 2. The van der Waals surface area contributed by atoms with E-state index in [2.05, 4.69) is 74.7 Å². The second kappa shape index (κ2) is 7.30. The second-order valence-electron chi connectivity index (χ2n) is 7.58. The Labute approximate surface area is 150 Å². The van der Waals surface area contributed by atoms with E-state index in [1.807, 2.05) is 6.07 Å². The molecule has 0 N–H and O–H groups in total. The zero-order chi connectivity index (χ0) is 17.9. The average molecular weight is 336 g/mol. The molecule has 0 saturated heterocycles. The van der Waals surface area contributed by atoms with Gasteiger partial charge in [0.25, 0.3) is 0 Å². The fourth-order valence-electron chi connectivity index (χ4n) is 3.00. The highest BCUT2D eigenvalue weighted by Gasteiger charge is 2.14. The summed E-state index contributed by atoms with van der Waals surface area (Å²) in [5, 5.41) is 0. The van der Waals surface area contributed by atoms with E-state index in [1.54, 1.807) is 0 Å². The molecule has 132 valence electrons. The van der Waals surface area contributed by atoms with Gasteiger partial charge in [0, 0.05) is 6.54 Å². The smallest absolute Gasteiger partial charge is 0.147 e. The molecule has 0 saturated carbocycles. The van der Waals surface area contributed by atoms with Gasteiger partial charge in [-0.25, -0.2) is 4.98 Å². The number of hydrogen-bond donors (Lipinski definition) is 0. The van der Waals surface area contributed by atoms with Crippen LogP contribution in [0.15, 0.2) is 48.5 Å². The van der Waals surface area contributed by atoms with E-state index in [4.69, 9.17) is 9.72 Å². The van der Waals surface area contributed by atoms with Crippen LogP contribution in [0.3, 0.4) is 0 Å². The summed E-state index contributed by atoms with van der Waals surface area (Å²) in [5.74, 6) is 1.89. The largest absolute Gasteiger partial charge is 0.486 e. The minimum absolute atomic E-state index is 0.159. The number of aromatic nitrogens is 2. The molecular weight excluding hydrogens is 308 g/mol. The maximum atomic E-state index is 6.03. The van der Waals surface area contributed by atoms with E-state index >= 15 is 0 Å². The Balaban J connectivity index is 1.78. The van der Waals surface area contributed by atoms with Crippen molar-refractivity contribution in [2.75, 3.05) is 0 Å². The van der Waals surface area contributed by atoms with Crippen molar-refractivity contribution in [1.82, 2.24) is 9.55 Å². The van der Waals surface area contributed by atoms with Gasteiger partial charge in [0.1, 0.15) is 18.2 Å². The Morgan fingerprint density at radius 3 is 2.40 bits per heavy atom. The molecule has 3 heteroatoms. The van der Waals surface area contributed by atoms with Crippen LogP contribution in [-0.2, 0) is 18.6 Å². The minimum Gasteiger partial charge on any atom is -0.486 e. The van der Waals surface area contributed by atoms with Crippen LogP contribution >= 0.6 is 0 Å². The van der Waals surface area contributed by atoms with Crippen molar-refractivity contribution in [2.24, 2.45) is 0 Å². The number of para-hydroxylation sites is 2. The minimum atomic E-state index is 0.159. The maximum absolute atomic E-state index is 6.03. The predicted molar refractivity (Wildman–Crippen MR) is 104 cm³/mol. The van der Waals surface area contributed by atoms with E-state index in [9.17, 15) is 0 Å². The van der Waals surface area contributed by atoms with E-state index in [-0.39, 0.29) is 5.41 Å². The molecule has 3 nitrogen and oxygen atoms in total. The van der Waals surface area contributed by atoms with Gasteiger partial charge in [-0.05, 0) is 41.7 Å². The number of nitrogens with zero attached hydrogens (tertiary/aromatic N) is 2. The number of imidazole rings is 1. The standard InChI is InChI=1S/C22H28N2O/c1-5-6-15-24-20-10-8-7-9-19(20)23-21(24)16-25-18-13-11-17(12-14-18)22(2,3)4/h7-14H,5-6,15-16H2,1-4H3. The summed E-state index contributed by atoms with van der Waals surface area (Å²) < 4.78 is 8.32. The van der Waals surface area contributed by atoms with Crippen molar-refractivity contribution < 1.29 is 4.74 Å². The van der Waals surface area contributed by atoms with Crippen molar-refractivity contribution in [1.29, 1.82) is 0 Å². The Kier molecular flexibility index (Phi) is 5.12. The van der Waals surface area contributed by atoms with Crippen LogP contribution in [0.5, 0.6) is 5.75 Å². The van der Waals surface area contributed by atoms with E-state index in [0.717, 1.165) is 30.1 Å². The molecule has 2 aromatic carbocycles. The summed E-state index contributed by atoms with van der Waals surface area (Å²) in [4.78, 5) is 4.78. The monoisotopic (exact) mass is 336 g/mol. The first-order valence-corrected chi connectivity index (χ1v) is 9.16. The third-order valence-corrected chi connectivity index (χ3v) is 4.56. The fraction of sp³-hybridized carbons (Fsp3) is 0.409. The van der Waals surface area contributed by atoms with Gasteiger partial charge in [0.2, 0.25) is 0 Å². The summed E-state index contributed by atoms with van der Waals surface area (Å²) >= 11 is 0. The van der Waals surface area contributed by atoms with Crippen LogP contribution in [0.2, 0.25) is 0 Å². The topological polar surface area (TPSA) is 27.1 Å². The molecule has 0 bridgehead atoms. The van der Waals surface area contributed by atoms with Gasteiger partial charge in [-0.1, -0.05) is 58.4 Å². The normalized spacial score (nSPS) is 11.8. The van der Waals surface area contributed by atoms with Crippen LogP contribution in [0.1, 0.15) is 51.9 Å². The quantitative estimate of drug-likeness (QED) is 0.576. The summed E-state index contributed by atoms with van der Waals surface area (Å²) in [6.45, 7) is 10.4. The number of rotatable bonds is 6. The van der Waals surface area contributed by atoms with Gasteiger partial charge in [-0.15, -0.1) is 0 Å². The first-order chi connectivity index (χ1) is 12.0. The molecule has 0 aliphatic heterocycles. The zero-order valence-corrected chi connectivity index (χ0v) is 15.7. The van der Waals surface area contributed by atoms with Gasteiger partial charge < -0.3 is 9.30 Å². The highest BCUT2D eigenvalue weighted by molar-refractivity contribution is 5.75. The average Bonchev–Trinajstić information content (AvgIpc) is 2.95. The third kappa shape index (κ3) is 4.04. The second-order valence-corrected chi connectivity index (χ2v) is 7.58. The molecule has 1 aromatic heterocycles. The first kappa shape index (κ1) is 17.5. The SMILES string of the molecule is CCCCn1c(COc2ccc(C(C)(C)C)cc2)nc2ccccc21. The van der Waals surface area contributed by atoms with Crippen LogP contribution in [-0.4, -0.2) is 9.55 Å². The molecular formula is C22H28N2O. The lowest BCUT2D eigenvalue weighted by Gasteiger charge is -2.19. The molecule has 3 aromatic rings. The maximum Gasteiger partial charge on any atom is 0.147 e. The summed E-state index contributed by atoms with van der Waals surface area (Å²) in [6.07, 6.45) is 2.31. The predicted octanol–water partition coefficient (Wildman–Crippen LogP) is 5.71. The summed E-state index contributed by atoms with van der Waals surface area (Å²) in [7, 11) is 0. The lowest BCUT2D eigenvalue weighted by atomic mass is 9.87. The first-order valence-electron chi connectivity index (χ1n) is 9.16. The molecule has 0 amide bonds. The molecule has 1 heterocycles. The molecule has 0 spiro atoms. The Hall–Kier alpha value is -2.29. The number of ether oxygens (including phenoxy) is 1. The number of hydrogen-bond acceptors (Lipinski definition) is 2. The Morgan fingerprint density at radius 1 is 1.00 bits per heavy atom. The van der Waals surface area contributed by atoms with Crippen LogP contribution in [0.4, 0.5) is 0 Å². The van der Waals surface area contributed by atoms with Crippen molar-refractivity contribution in [3.05, 3.63) is 59.9 Å². The van der Waals surface area contributed by atoms with Gasteiger partial charge in [-0.2, -0.15) is 0 Å². The molecule has 0 aliphatic rings. The van der Waals surface area contributed by atoms with Gasteiger partial charge in [-0.3, -0.25) is 0 Å². The lowest BCUT2D eigenvalue weighted by Crippen LogP contribution is -2.11. The fourth-order valence-corrected chi connectivity index (χ4v) is 3.00. The molecule has 0 fully saturated rings. The van der Waals surface area contributed by atoms with E-state index in [0.29, 0.717) is 6.61 Å². The lowest BCUT2D eigenvalue weighted by molar-refractivity contribution is 0.289. The Morgan fingerprint density at radius 2 is 1.72 bits per heavy atom. The van der Waals surface area contributed by atoms with Gasteiger partial charge >= 0.3 is 0 Å². The Bertz CT molecular complexity index is 825. The van der Waals surface area contributed by atoms with Crippen LogP contribution in [0.25, 0.3) is 11.0 Å². The van der Waals surface area contributed by atoms with Gasteiger partial charge in [0.05, 0.1) is 11.0 Å². The van der Waals surface area contributed by atoms with Crippen molar-refractivity contribution in [3.8, 4) is 5.75 Å². The molecule has 0 unspecified atom stereocenters.